The number of carbonyl (C=O) groups is 1. The largest absolute Gasteiger partial charge is 0.384 e. The molecule has 0 saturated heterocycles. The zero-order chi connectivity index (χ0) is 22.0. The molecule has 0 aliphatic heterocycles. The SMILES string of the molecule is Cc1cnc2ccc(Cc3nccc(C(=O)NCc4c(C)cc(N)nc4C)n3)cc2c1. The van der Waals surface area contributed by atoms with Gasteiger partial charge in [0.05, 0.1) is 5.52 Å². The van der Waals surface area contributed by atoms with Gasteiger partial charge in [-0.2, -0.15) is 0 Å². The first kappa shape index (κ1) is 20.4. The first-order chi connectivity index (χ1) is 14.9. The van der Waals surface area contributed by atoms with Crippen LogP contribution in [-0.4, -0.2) is 25.8 Å². The Morgan fingerprint density at radius 3 is 2.68 bits per heavy atom. The molecule has 7 heteroatoms. The molecule has 0 aliphatic rings. The normalized spacial score (nSPS) is 10.9. The lowest BCUT2D eigenvalue weighted by molar-refractivity contribution is 0.0945. The molecule has 0 radical (unpaired) electrons. The number of amides is 1. The summed E-state index contributed by atoms with van der Waals surface area (Å²) in [6.45, 7) is 6.22. The van der Waals surface area contributed by atoms with Crippen LogP contribution >= 0.6 is 0 Å². The van der Waals surface area contributed by atoms with Crippen LogP contribution in [0.15, 0.2) is 48.8 Å². The molecule has 3 heterocycles. The van der Waals surface area contributed by atoms with Crippen molar-refractivity contribution in [1.29, 1.82) is 0 Å². The first-order valence-electron chi connectivity index (χ1n) is 10.1. The fourth-order valence-electron chi connectivity index (χ4n) is 3.61. The minimum Gasteiger partial charge on any atom is -0.384 e. The van der Waals surface area contributed by atoms with Gasteiger partial charge in [-0.15, -0.1) is 0 Å². The van der Waals surface area contributed by atoms with Crippen molar-refractivity contribution in [3.05, 3.63) is 88.3 Å². The predicted octanol–water partition coefficient (Wildman–Crippen LogP) is 3.45. The number of hydrogen-bond acceptors (Lipinski definition) is 6. The number of pyridine rings is 2. The summed E-state index contributed by atoms with van der Waals surface area (Å²) in [5.41, 5.74) is 12.0. The van der Waals surface area contributed by atoms with Crippen molar-refractivity contribution in [1.82, 2.24) is 25.3 Å². The van der Waals surface area contributed by atoms with Crippen LogP contribution in [0.3, 0.4) is 0 Å². The van der Waals surface area contributed by atoms with E-state index in [9.17, 15) is 4.79 Å². The summed E-state index contributed by atoms with van der Waals surface area (Å²) in [5, 5.41) is 4.00. The third kappa shape index (κ3) is 4.66. The molecule has 4 aromatic rings. The monoisotopic (exact) mass is 412 g/mol. The summed E-state index contributed by atoms with van der Waals surface area (Å²) in [5.74, 6) is 0.817. The number of carbonyl (C=O) groups excluding carboxylic acids is 1. The van der Waals surface area contributed by atoms with Gasteiger partial charge in [0.15, 0.2) is 0 Å². The number of nitrogen functional groups attached to an aromatic ring is 1. The van der Waals surface area contributed by atoms with Gasteiger partial charge in [-0.3, -0.25) is 9.78 Å². The Balaban J connectivity index is 1.48. The van der Waals surface area contributed by atoms with Crippen molar-refractivity contribution in [2.75, 3.05) is 5.73 Å². The van der Waals surface area contributed by atoms with Crippen molar-refractivity contribution >= 4 is 22.6 Å². The zero-order valence-corrected chi connectivity index (χ0v) is 17.8. The van der Waals surface area contributed by atoms with Crippen LogP contribution in [0.5, 0.6) is 0 Å². The van der Waals surface area contributed by atoms with Gasteiger partial charge in [0, 0.05) is 36.4 Å². The van der Waals surface area contributed by atoms with E-state index in [1.165, 1.54) is 0 Å². The van der Waals surface area contributed by atoms with Gasteiger partial charge in [-0.25, -0.2) is 15.0 Å². The number of fused-ring (bicyclic) bond motifs is 1. The quantitative estimate of drug-likeness (QED) is 0.520. The molecule has 1 aromatic carbocycles. The lowest BCUT2D eigenvalue weighted by atomic mass is 10.1. The summed E-state index contributed by atoms with van der Waals surface area (Å²) in [6, 6.07) is 11.6. The number of benzene rings is 1. The van der Waals surface area contributed by atoms with Crippen molar-refractivity contribution in [3.8, 4) is 0 Å². The molecule has 3 N–H and O–H groups in total. The molecule has 0 unspecified atom stereocenters. The minimum atomic E-state index is -0.252. The van der Waals surface area contributed by atoms with E-state index in [-0.39, 0.29) is 5.91 Å². The Labute approximate surface area is 180 Å². The molecule has 4 rings (SSSR count). The van der Waals surface area contributed by atoms with Crippen LogP contribution in [0.2, 0.25) is 0 Å². The van der Waals surface area contributed by atoms with Crippen molar-refractivity contribution in [2.45, 2.75) is 33.7 Å². The van der Waals surface area contributed by atoms with Gasteiger partial charge < -0.3 is 11.1 Å². The Morgan fingerprint density at radius 1 is 1.03 bits per heavy atom. The van der Waals surface area contributed by atoms with Gasteiger partial charge >= 0.3 is 0 Å². The highest BCUT2D eigenvalue weighted by Gasteiger charge is 2.12. The minimum absolute atomic E-state index is 0.252. The van der Waals surface area contributed by atoms with Gasteiger partial charge in [0.25, 0.3) is 5.91 Å². The fraction of sp³-hybridized carbons (Fsp3) is 0.208. The number of hydrogen-bond donors (Lipinski definition) is 2. The molecule has 3 aromatic heterocycles. The fourth-order valence-corrected chi connectivity index (χ4v) is 3.61. The second-order valence-electron chi connectivity index (χ2n) is 7.69. The van der Waals surface area contributed by atoms with E-state index in [0.29, 0.717) is 30.3 Å². The molecule has 31 heavy (non-hydrogen) atoms. The highest BCUT2D eigenvalue weighted by molar-refractivity contribution is 5.92. The average molecular weight is 412 g/mol. The van der Waals surface area contributed by atoms with Crippen LogP contribution < -0.4 is 11.1 Å². The Kier molecular flexibility index (Phi) is 5.58. The number of aromatic nitrogens is 4. The van der Waals surface area contributed by atoms with E-state index in [1.54, 1.807) is 18.3 Å². The lowest BCUT2D eigenvalue weighted by Crippen LogP contribution is -2.25. The molecule has 7 nitrogen and oxygen atoms in total. The summed E-state index contributed by atoms with van der Waals surface area (Å²) in [4.78, 5) is 30.2. The maximum Gasteiger partial charge on any atom is 0.270 e. The molecule has 1 amide bonds. The van der Waals surface area contributed by atoms with Gasteiger partial charge in [0.1, 0.15) is 17.3 Å². The van der Waals surface area contributed by atoms with Gasteiger partial charge in [-0.1, -0.05) is 6.07 Å². The zero-order valence-electron chi connectivity index (χ0n) is 17.8. The standard InChI is InChI=1S/C24H24N6O/c1-14-8-18-10-17(4-5-20(18)27-12-14)11-23-26-7-6-21(30-23)24(31)28-13-19-15(2)9-22(25)29-16(19)3/h4-10,12H,11,13H2,1-3H3,(H2,25,29)(H,28,31). The molecular weight excluding hydrogens is 388 g/mol. The van der Waals surface area contributed by atoms with E-state index in [2.05, 4.69) is 37.4 Å². The average Bonchev–Trinajstić information content (AvgIpc) is 2.72. The lowest BCUT2D eigenvalue weighted by Gasteiger charge is -2.11. The number of aryl methyl sites for hydroxylation is 3. The van der Waals surface area contributed by atoms with Crippen molar-refractivity contribution in [3.63, 3.8) is 0 Å². The smallest absolute Gasteiger partial charge is 0.270 e. The van der Waals surface area contributed by atoms with Gasteiger partial charge in [0.2, 0.25) is 0 Å². The number of rotatable bonds is 5. The first-order valence-corrected chi connectivity index (χ1v) is 10.1. The van der Waals surface area contributed by atoms with Crippen LogP contribution in [0.25, 0.3) is 10.9 Å². The van der Waals surface area contributed by atoms with Crippen LogP contribution in [0.1, 0.15) is 44.3 Å². The summed E-state index contributed by atoms with van der Waals surface area (Å²) >= 11 is 0. The molecule has 156 valence electrons. The molecule has 0 saturated carbocycles. The number of nitrogens with zero attached hydrogens (tertiary/aromatic N) is 4. The Morgan fingerprint density at radius 2 is 1.87 bits per heavy atom. The van der Waals surface area contributed by atoms with Gasteiger partial charge in [-0.05, 0) is 73.4 Å². The summed E-state index contributed by atoms with van der Waals surface area (Å²) in [6.07, 6.45) is 4.01. The topological polar surface area (TPSA) is 107 Å². The van der Waals surface area contributed by atoms with Crippen LogP contribution in [-0.2, 0) is 13.0 Å². The number of nitrogens with two attached hydrogens (primary N) is 1. The Bertz CT molecular complexity index is 1260. The molecular formula is C24H24N6O. The second-order valence-corrected chi connectivity index (χ2v) is 7.69. The van der Waals surface area contributed by atoms with Crippen LogP contribution in [0, 0.1) is 20.8 Å². The van der Waals surface area contributed by atoms with Crippen molar-refractivity contribution in [2.24, 2.45) is 0 Å². The maximum atomic E-state index is 12.7. The van der Waals surface area contributed by atoms with Crippen molar-refractivity contribution < 1.29 is 4.79 Å². The number of nitrogens with one attached hydrogen (secondary N) is 1. The molecule has 0 bridgehead atoms. The predicted molar refractivity (Wildman–Crippen MR) is 121 cm³/mol. The maximum absolute atomic E-state index is 12.7. The molecule has 0 fully saturated rings. The second kappa shape index (κ2) is 8.47. The highest BCUT2D eigenvalue weighted by Crippen LogP contribution is 2.17. The summed E-state index contributed by atoms with van der Waals surface area (Å²) in [7, 11) is 0. The van der Waals surface area contributed by atoms with E-state index >= 15 is 0 Å². The molecule has 0 atom stereocenters. The van der Waals surface area contributed by atoms with E-state index in [0.717, 1.165) is 38.9 Å². The van der Waals surface area contributed by atoms with Crippen LogP contribution in [0.4, 0.5) is 5.82 Å². The molecule has 0 aliphatic carbocycles. The molecule has 0 spiro atoms. The third-order valence-corrected chi connectivity index (χ3v) is 5.18. The number of anilines is 1. The van der Waals surface area contributed by atoms with E-state index < -0.39 is 0 Å². The summed E-state index contributed by atoms with van der Waals surface area (Å²) < 4.78 is 0. The highest BCUT2D eigenvalue weighted by atomic mass is 16.1. The van der Waals surface area contributed by atoms with E-state index in [4.69, 9.17) is 5.73 Å². The Hall–Kier alpha value is -3.87. The van der Waals surface area contributed by atoms with E-state index in [1.807, 2.05) is 39.1 Å². The third-order valence-electron chi connectivity index (χ3n) is 5.18.